The number of carbonyl (C=O) groups excluding carboxylic acids is 3. The van der Waals surface area contributed by atoms with Crippen molar-refractivity contribution in [2.45, 2.75) is 112 Å². The van der Waals surface area contributed by atoms with Crippen molar-refractivity contribution >= 4 is 17.5 Å². The van der Waals surface area contributed by atoms with E-state index in [0.29, 0.717) is 43.9 Å². The van der Waals surface area contributed by atoms with Gasteiger partial charge in [-0.2, -0.15) is 0 Å². The van der Waals surface area contributed by atoms with Gasteiger partial charge in [0.25, 0.3) is 0 Å². The third-order valence-corrected chi connectivity index (χ3v) is 11.6. The highest BCUT2D eigenvalue weighted by Gasteiger charge is 2.66. The Morgan fingerprint density at radius 3 is 2.50 bits per heavy atom. The summed E-state index contributed by atoms with van der Waals surface area (Å²) >= 11 is 0. The van der Waals surface area contributed by atoms with Crippen LogP contribution in [0.15, 0.2) is 11.6 Å². The Morgan fingerprint density at radius 1 is 1.16 bits per heavy atom. The van der Waals surface area contributed by atoms with E-state index in [2.05, 4.69) is 34.6 Å². The Bertz CT molecular complexity index is 956. The molecule has 0 spiro atoms. The first-order valence-corrected chi connectivity index (χ1v) is 15.2. The highest BCUT2D eigenvalue weighted by Crippen LogP contribution is 2.66. The lowest BCUT2D eigenvalue weighted by molar-refractivity contribution is -0.162. The van der Waals surface area contributed by atoms with Crippen molar-refractivity contribution in [3.8, 4) is 0 Å². The van der Waals surface area contributed by atoms with Crippen molar-refractivity contribution < 1.29 is 29.3 Å². The van der Waals surface area contributed by atoms with Crippen molar-refractivity contribution in [3.63, 3.8) is 0 Å². The van der Waals surface area contributed by atoms with Gasteiger partial charge in [0.2, 0.25) is 0 Å². The van der Waals surface area contributed by atoms with Crippen LogP contribution < -0.4 is 0 Å². The number of Topliss-reactive ketones (excluding diaryl/α,β-unsaturated/α-hetero) is 1. The fraction of sp³-hybridized carbons (Fsp3) is 0.844. The summed E-state index contributed by atoms with van der Waals surface area (Å²) in [6.45, 7) is 12.8. The molecule has 11 atom stereocenters. The third kappa shape index (κ3) is 4.93. The molecule has 0 heterocycles. The van der Waals surface area contributed by atoms with E-state index in [1.165, 1.54) is 0 Å². The van der Waals surface area contributed by atoms with Gasteiger partial charge < -0.3 is 14.9 Å². The monoisotopic (exact) mass is 530 g/mol. The lowest BCUT2D eigenvalue weighted by Gasteiger charge is -2.58. The zero-order chi connectivity index (χ0) is 28.0. The van der Waals surface area contributed by atoms with Crippen molar-refractivity contribution in [1.82, 2.24) is 0 Å². The van der Waals surface area contributed by atoms with Gasteiger partial charge in [-0.1, -0.05) is 60.0 Å². The largest absolute Gasteiger partial charge is 0.462 e. The summed E-state index contributed by atoms with van der Waals surface area (Å²) in [6.07, 6.45) is 7.26. The average Bonchev–Trinajstić information content (AvgIpc) is 3.14. The second-order valence-electron chi connectivity index (χ2n) is 13.7. The number of fused-ring (bicyclic) bond motifs is 5. The number of esters is 1. The maximum atomic E-state index is 13.8. The van der Waals surface area contributed by atoms with Crippen LogP contribution in [-0.4, -0.2) is 46.6 Å². The predicted octanol–water partition coefficient (Wildman–Crippen LogP) is 5.29. The summed E-state index contributed by atoms with van der Waals surface area (Å²) in [5, 5.41) is 21.4. The third-order valence-electron chi connectivity index (χ3n) is 11.6. The summed E-state index contributed by atoms with van der Waals surface area (Å²) in [4.78, 5) is 39.4. The van der Waals surface area contributed by atoms with Crippen LogP contribution in [0.2, 0.25) is 0 Å². The Hall–Kier alpha value is -1.53. The molecule has 6 nitrogen and oxygen atoms in total. The van der Waals surface area contributed by atoms with E-state index in [1.807, 2.05) is 0 Å². The van der Waals surface area contributed by atoms with Gasteiger partial charge in [0.15, 0.2) is 5.78 Å². The van der Waals surface area contributed by atoms with Gasteiger partial charge in [0.1, 0.15) is 11.9 Å². The van der Waals surface area contributed by atoms with Crippen molar-refractivity contribution in [2.75, 3.05) is 6.61 Å². The Morgan fingerprint density at radius 2 is 1.87 bits per heavy atom. The smallest absolute Gasteiger partial charge is 0.305 e. The van der Waals surface area contributed by atoms with E-state index in [9.17, 15) is 24.6 Å². The van der Waals surface area contributed by atoms with Gasteiger partial charge in [-0.15, -0.1) is 0 Å². The average molecular weight is 531 g/mol. The summed E-state index contributed by atoms with van der Waals surface area (Å²) in [6, 6.07) is 0. The predicted molar refractivity (Wildman–Crippen MR) is 146 cm³/mol. The molecule has 6 heteroatoms. The highest BCUT2D eigenvalue weighted by atomic mass is 16.5. The topological polar surface area (TPSA) is 101 Å². The quantitative estimate of drug-likeness (QED) is 0.393. The number of aliphatic hydroxyl groups excluding tert-OH is 2. The van der Waals surface area contributed by atoms with Gasteiger partial charge in [0.05, 0.1) is 6.10 Å². The second kappa shape index (κ2) is 11.2. The number of allylic oxidation sites excluding steroid dienone is 1. The second-order valence-corrected chi connectivity index (χ2v) is 13.7. The van der Waals surface area contributed by atoms with E-state index in [0.717, 1.165) is 31.3 Å². The number of carbonyl (C=O) groups is 3. The molecule has 4 aliphatic rings. The van der Waals surface area contributed by atoms with Gasteiger partial charge in [-0.05, 0) is 66.3 Å². The van der Waals surface area contributed by atoms with Gasteiger partial charge >= 0.3 is 5.97 Å². The maximum absolute atomic E-state index is 13.8. The molecule has 0 amide bonds. The molecule has 0 aromatic heterocycles. The number of aliphatic hydroxyl groups is 2. The number of rotatable bonds is 9. The molecule has 0 bridgehead atoms. The Balaban J connectivity index is 1.57. The molecule has 38 heavy (non-hydrogen) atoms. The molecule has 0 aliphatic heterocycles. The van der Waals surface area contributed by atoms with Crippen LogP contribution in [0.3, 0.4) is 0 Å². The van der Waals surface area contributed by atoms with Crippen LogP contribution in [0, 0.1) is 52.3 Å². The SMILES string of the molecule is CCC(=O)OC1CCC2(C)C(=CC(=O)C3C2C(O)CC2(C)C(C(C)CCC(CC)C(C)CO)CC(=O)C32)C1. The van der Waals surface area contributed by atoms with Crippen molar-refractivity contribution in [3.05, 3.63) is 11.6 Å². The summed E-state index contributed by atoms with van der Waals surface area (Å²) < 4.78 is 5.62. The Labute approximate surface area is 229 Å². The van der Waals surface area contributed by atoms with E-state index in [1.54, 1.807) is 13.0 Å². The minimum Gasteiger partial charge on any atom is -0.462 e. The molecule has 0 radical (unpaired) electrons. The zero-order valence-corrected chi connectivity index (χ0v) is 24.4. The molecular formula is C32H50O6. The number of hydrogen-bond donors (Lipinski definition) is 2. The van der Waals surface area contributed by atoms with E-state index >= 15 is 0 Å². The van der Waals surface area contributed by atoms with Crippen LogP contribution in [0.4, 0.5) is 0 Å². The van der Waals surface area contributed by atoms with Crippen LogP contribution in [0.25, 0.3) is 0 Å². The van der Waals surface area contributed by atoms with Crippen LogP contribution in [-0.2, 0) is 19.1 Å². The minimum atomic E-state index is -0.646. The lowest BCUT2D eigenvalue weighted by atomic mass is 9.45. The molecular weight excluding hydrogens is 480 g/mol. The zero-order valence-electron chi connectivity index (χ0n) is 24.4. The number of hydrogen-bond acceptors (Lipinski definition) is 6. The normalized spacial score (nSPS) is 40.9. The molecule has 4 aliphatic carbocycles. The van der Waals surface area contributed by atoms with Gasteiger partial charge in [0, 0.05) is 43.6 Å². The molecule has 11 unspecified atom stereocenters. The number of ether oxygens (including phenoxy) is 1. The van der Waals surface area contributed by atoms with Crippen molar-refractivity contribution in [1.29, 1.82) is 0 Å². The molecule has 0 saturated heterocycles. The first-order valence-electron chi connectivity index (χ1n) is 15.2. The van der Waals surface area contributed by atoms with Crippen LogP contribution in [0.1, 0.15) is 99.3 Å². The Kier molecular flexibility index (Phi) is 8.64. The first kappa shape index (κ1) is 29.5. The molecule has 3 saturated carbocycles. The fourth-order valence-corrected chi connectivity index (χ4v) is 9.26. The van der Waals surface area contributed by atoms with Crippen LogP contribution in [0.5, 0.6) is 0 Å². The summed E-state index contributed by atoms with van der Waals surface area (Å²) in [5.74, 6) is 0.0264. The minimum absolute atomic E-state index is 0.0237. The van der Waals surface area contributed by atoms with E-state index < -0.39 is 17.4 Å². The van der Waals surface area contributed by atoms with Gasteiger partial charge in [-0.25, -0.2) is 0 Å². The summed E-state index contributed by atoms with van der Waals surface area (Å²) in [5.41, 5.74) is 0.213. The maximum Gasteiger partial charge on any atom is 0.305 e. The molecule has 2 N–H and O–H groups in total. The lowest BCUT2D eigenvalue weighted by Crippen LogP contribution is -2.60. The van der Waals surface area contributed by atoms with Crippen LogP contribution >= 0.6 is 0 Å². The fourth-order valence-electron chi connectivity index (χ4n) is 9.26. The molecule has 0 aromatic rings. The van der Waals surface area contributed by atoms with Gasteiger partial charge in [-0.3, -0.25) is 14.4 Å². The van der Waals surface area contributed by atoms with Crippen molar-refractivity contribution in [2.24, 2.45) is 52.3 Å². The first-order chi connectivity index (χ1) is 17.9. The standard InChI is InChI=1S/C32H50O6/c1-7-20(19(4)17-33)10-9-18(3)23-15-25(35)29-28-24(34)14-21-13-22(38-27(37)8-2)11-12-31(21,5)30(28)26(36)16-32(23,29)6/h14,18-20,22-23,26,28-30,33,36H,7-13,15-17H2,1-6H3. The molecule has 214 valence electrons. The molecule has 3 fully saturated rings. The number of ketones is 2. The highest BCUT2D eigenvalue weighted by molar-refractivity contribution is 5.99. The van der Waals surface area contributed by atoms with E-state index in [-0.39, 0.29) is 59.3 Å². The molecule has 0 aromatic carbocycles. The molecule has 4 rings (SSSR count). The summed E-state index contributed by atoms with van der Waals surface area (Å²) in [7, 11) is 0. The van der Waals surface area contributed by atoms with E-state index in [4.69, 9.17) is 4.74 Å².